The molecule has 102 valence electrons. The molecule has 18 heavy (non-hydrogen) atoms. The Labute approximate surface area is 111 Å². The lowest BCUT2D eigenvalue weighted by Gasteiger charge is -2.37. The van der Waals surface area contributed by atoms with Gasteiger partial charge in [0, 0.05) is 0 Å². The molecule has 0 spiro atoms. The highest BCUT2D eigenvalue weighted by atomic mass is 16.5. The Hall–Kier alpha value is -0.920. The van der Waals surface area contributed by atoms with Gasteiger partial charge < -0.3 is 9.47 Å². The zero-order chi connectivity index (χ0) is 12.8. The second-order valence-electron chi connectivity index (χ2n) is 5.68. The molecule has 0 aliphatic heterocycles. The van der Waals surface area contributed by atoms with Crippen LogP contribution in [0, 0.1) is 11.8 Å². The van der Waals surface area contributed by atoms with Crippen molar-refractivity contribution in [3.63, 3.8) is 0 Å². The predicted molar refractivity (Wildman–Crippen MR) is 74.1 cm³/mol. The van der Waals surface area contributed by atoms with Crippen molar-refractivity contribution >= 4 is 0 Å². The van der Waals surface area contributed by atoms with Crippen molar-refractivity contribution in [2.75, 3.05) is 0 Å². The quantitative estimate of drug-likeness (QED) is 0.672. The van der Waals surface area contributed by atoms with Crippen LogP contribution in [0.5, 0.6) is 0 Å². The molecule has 0 aromatic heterocycles. The van der Waals surface area contributed by atoms with Gasteiger partial charge in [0.2, 0.25) is 0 Å². The van der Waals surface area contributed by atoms with Gasteiger partial charge in [-0.2, -0.15) is 0 Å². The number of hydrogen-bond acceptors (Lipinski definition) is 2. The molecule has 0 heterocycles. The van der Waals surface area contributed by atoms with E-state index in [4.69, 9.17) is 9.47 Å². The molecule has 0 N–H and O–H groups in total. The van der Waals surface area contributed by atoms with Crippen molar-refractivity contribution in [2.45, 2.75) is 63.6 Å². The summed E-state index contributed by atoms with van der Waals surface area (Å²) in [6.07, 6.45) is 14.2. The van der Waals surface area contributed by atoms with E-state index in [0.29, 0.717) is 12.2 Å². The fraction of sp³-hybridized carbons (Fsp3) is 0.750. The lowest BCUT2D eigenvalue weighted by Crippen LogP contribution is -2.29. The van der Waals surface area contributed by atoms with Crippen LogP contribution >= 0.6 is 0 Å². The summed E-state index contributed by atoms with van der Waals surface area (Å²) in [5.41, 5.74) is 0. The molecule has 0 aromatic carbocycles. The summed E-state index contributed by atoms with van der Waals surface area (Å²) in [6, 6.07) is 0. The SMILES string of the molecule is C=COC1CCC(C2CCC(OC=C)CC2)CC1. The molecule has 2 rings (SSSR count). The monoisotopic (exact) mass is 250 g/mol. The summed E-state index contributed by atoms with van der Waals surface area (Å²) >= 11 is 0. The fourth-order valence-corrected chi connectivity index (χ4v) is 3.66. The summed E-state index contributed by atoms with van der Waals surface area (Å²) in [6.45, 7) is 7.29. The summed E-state index contributed by atoms with van der Waals surface area (Å²) in [4.78, 5) is 0. The maximum atomic E-state index is 5.50. The molecule has 0 bridgehead atoms. The standard InChI is InChI=1S/C16H26O2/c1-3-17-15-9-5-13(6-10-15)14-7-11-16(12-8-14)18-4-2/h3-4,13-16H,1-2,5-12H2. The summed E-state index contributed by atoms with van der Waals surface area (Å²) in [5.74, 6) is 1.83. The first kappa shape index (κ1) is 13.5. The van der Waals surface area contributed by atoms with Gasteiger partial charge in [0.1, 0.15) is 0 Å². The van der Waals surface area contributed by atoms with Crippen molar-refractivity contribution in [1.29, 1.82) is 0 Å². The zero-order valence-electron chi connectivity index (χ0n) is 11.4. The van der Waals surface area contributed by atoms with Crippen LogP contribution in [0.3, 0.4) is 0 Å². The summed E-state index contributed by atoms with van der Waals surface area (Å²) in [5, 5.41) is 0. The third-order valence-corrected chi connectivity index (χ3v) is 4.68. The highest BCUT2D eigenvalue weighted by molar-refractivity contribution is 4.83. The Bertz CT molecular complexity index is 230. The van der Waals surface area contributed by atoms with Gasteiger partial charge in [0.05, 0.1) is 24.7 Å². The van der Waals surface area contributed by atoms with Gasteiger partial charge in [-0.3, -0.25) is 0 Å². The molecule has 0 amide bonds. The van der Waals surface area contributed by atoms with Crippen molar-refractivity contribution in [3.8, 4) is 0 Å². The van der Waals surface area contributed by atoms with Crippen LogP contribution in [-0.4, -0.2) is 12.2 Å². The van der Waals surface area contributed by atoms with Crippen molar-refractivity contribution in [3.05, 3.63) is 25.7 Å². The Kier molecular flexibility index (Phi) is 5.15. The maximum absolute atomic E-state index is 5.50. The average molecular weight is 250 g/mol. The van der Waals surface area contributed by atoms with Gasteiger partial charge in [-0.1, -0.05) is 13.2 Å². The first-order valence-electron chi connectivity index (χ1n) is 7.36. The Balaban J connectivity index is 1.71. The fourth-order valence-electron chi connectivity index (χ4n) is 3.66. The molecule has 2 aliphatic carbocycles. The van der Waals surface area contributed by atoms with Crippen LogP contribution in [0.15, 0.2) is 25.7 Å². The molecular formula is C16H26O2. The first-order chi connectivity index (χ1) is 8.83. The van der Waals surface area contributed by atoms with Crippen LogP contribution in [0.1, 0.15) is 51.4 Å². The van der Waals surface area contributed by atoms with Gasteiger partial charge in [-0.05, 0) is 63.2 Å². The van der Waals surface area contributed by atoms with E-state index >= 15 is 0 Å². The van der Waals surface area contributed by atoms with Gasteiger partial charge >= 0.3 is 0 Å². The molecule has 2 aliphatic rings. The van der Waals surface area contributed by atoms with Gasteiger partial charge in [0.25, 0.3) is 0 Å². The molecular weight excluding hydrogens is 224 g/mol. The first-order valence-corrected chi connectivity index (χ1v) is 7.36. The molecule has 0 unspecified atom stereocenters. The van der Waals surface area contributed by atoms with Gasteiger partial charge in [-0.25, -0.2) is 0 Å². The van der Waals surface area contributed by atoms with E-state index in [0.717, 1.165) is 11.8 Å². The molecule has 2 saturated carbocycles. The lowest BCUT2D eigenvalue weighted by atomic mass is 9.72. The minimum Gasteiger partial charge on any atom is -0.499 e. The van der Waals surface area contributed by atoms with Crippen molar-refractivity contribution in [1.82, 2.24) is 0 Å². The number of hydrogen-bond donors (Lipinski definition) is 0. The van der Waals surface area contributed by atoms with Crippen LogP contribution in [0.4, 0.5) is 0 Å². The third-order valence-electron chi connectivity index (χ3n) is 4.68. The Morgan fingerprint density at radius 3 is 1.22 bits per heavy atom. The summed E-state index contributed by atoms with van der Waals surface area (Å²) in [7, 11) is 0. The molecule has 0 atom stereocenters. The smallest absolute Gasteiger partial charge is 0.0978 e. The highest BCUT2D eigenvalue weighted by Crippen LogP contribution is 2.39. The number of rotatable bonds is 5. The summed E-state index contributed by atoms with van der Waals surface area (Å²) < 4.78 is 11.0. The lowest BCUT2D eigenvalue weighted by molar-refractivity contribution is 0.0420. The van der Waals surface area contributed by atoms with Crippen molar-refractivity contribution < 1.29 is 9.47 Å². The molecule has 2 nitrogen and oxygen atoms in total. The number of ether oxygens (including phenoxy) is 2. The molecule has 0 radical (unpaired) electrons. The normalized spacial score (nSPS) is 36.7. The van der Waals surface area contributed by atoms with E-state index in [1.807, 2.05) is 0 Å². The van der Waals surface area contributed by atoms with Crippen LogP contribution in [0.25, 0.3) is 0 Å². The predicted octanol–water partition coefficient (Wildman–Crippen LogP) is 4.42. The minimum absolute atomic E-state index is 0.430. The molecule has 2 heteroatoms. The Morgan fingerprint density at radius 1 is 0.611 bits per heavy atom. The molecule has 0 aromatic rings. The largest absolute Gasteiger partial charge is 0.499 e. The van der Waals surface area contributed by atoms with E-state index in [2.05, 4.69) is 13.2 Å². The molecule has 0 saturated heterocycles. The highest BCUT2D eigenvalue weighted by Gasteiger charge is 2.31. The third kappa shape index (κ3) is 3.54. The average Bonchev–Trinajstić information content (AvgIpc) is 2.41. The maximum Gasteiger partial charge on any atom is 0.0978 e. The van der Waals surface area contributed by atoms with E-state index < -0.39 is 0 Å². The second kappa shape index (κ2) is 6.86. The minimum atomic E-state index is 0.430. The van der Waals surface area contributed by atoms with Gasteiger partial charge in [-0.15, -0.1) is 0 Å². The van der Waals surface area contributed by atoms with E-state index in [-0.39, 0.29) is 0 Å². The Morgan fingerprint density at radius 2 is 0.944 bits per heavy atom. The van der Waals surface area contributed by atoms with E-state index in [1.165, 1.54) is 51.4 Å². The van der Waals surface area contributed by atoms with E-state index in [1.54, 1.807) is 12.5 Å². The molecule has 2 fully saturated rings. The van der Waals surface area contributed by atoms with Crippen LogP contribution in [0.2, 0.25) is 0 Å². The zero-order valence-corrected chi connectivity index (χ0v) is 11.4. The van der Waals surface area contributed by atoms with Crippen LogP contribution < -0.4 is 0 Å². The second-order valence-corrected chi connectivity index (χ2v) is 5.68. The van der Waals surface area contributed by atoms with E-state index in [9.17, 15) is 0 Å². The van der Waals surface area contributed by atoms with Gasteiger partial charge in [0.15, 0.2) is 0 Å². The van der Waals surface area contributed by atoms with Crippen molar-refractivity contribution in [2.24, 2.45) is 11.8 Å². The topological polar surface area (TPSA) is 18.5 Å². The van der Waals surface area contributed by atoms with Crippen LogP contribution in [-0.2, 0) is 9.47 Å².